The van der Waals surface area contributed by atoms with Crippen LogP contribution in [0.3, 0.4) is 0 Å². The summed E-state index contributed by atoms with van der Waals surface area (Å²) in [7, 11) is 0. The highest BCUT2D eigenvalue weighted by Crippen LogP contribution is 2.33. The summed E-state index contributed by atoms with van der Waals surface area (Å²) < 4.78 is 5.52. The highest BCUT2D eigenvalue weighted by molar-refractivity contribution is 5.91. The number of nitrogens with two attached hydrogens (primary N) is 1. The summed E-state index contributed by atoms with van der Waals surface area (Å²) in [4.78, 5) is 12.1. The molecule has 0 amide bonds. The van der Waals surface area contributed by atoms with Crippen LogP contribution in [0.4, 0.5) is 5.69 Å². The topological polar surface area (TPSA) is 52.3 Å². The first-order valence-electron chi connectivity index (χ1n) is 6.55. The number of carbonyl (C=O) groups is 1. The lowest BCUT2D eigenvalue weighted by atomic mass is 9.86. The van der Waals surface area contributed by atoms with Crippen molar-refractivity contribution in [2.24, 2.45) is 0 Å². The molecule has 0 aliphatic rings. The van der Waals surface area contributed by atoms with Gasteiger partial charge < -0.3 is 10.5 Å². The second-order valence-electron chi connectivity index (χ2n) is 5.76. The highest BCUT2D eigenvalue weighted by Gasteiger charge is 2.21. The predicted molar refractivity (Wildman–Crippen MR) is 81.0 cm³/mol. The molecule has 0 radical (unpaired) electrons. The van der Waals surface area contributed by atoms with E-state index in [4.69, 9.17) is 10.5 Å². The summed E-state index contributed by atoms with van der Waals surface area (Å²) >= 11 is 0. The molecular formula is C17H19NO2. The van der Waals surface area contributed by atoms with Crippen LogP contribution in [-0.2, 0) is 5.41 Å². The molecule has 0 spiro atoms. The minimum atomic E-state index is -0.360. The molecule has 0 fully saturated rings. The molecule has 0 bridgehead atoms. The van der Waals surface area contributed by atoms with Crippen LogP contribution in [0.1, 0.15) is 36.7 Å². The molecule has 2 rings (SSSR count). The van der Waals surface area contributed by atoms with Gasteiger partial charge in [-0.05, 0) is 35.7 Å². The van der Waals surface area contributed by atoms with E-state index in [-0.39, 0.29) is 11.4 Å². The summed E-state index contributed by atoms with van der Waals surface area (Å²) in [6.07, 6.45) is 0. The first-order valence-corrected chi connectivity index (χ1v) is 6.55. The standard InChI is InChI=1S/C17H19NO2/c1-17(2,3)14-11-13(18)9-10-15(14)20-16(19)12-7-5-4-6-8-12/h4-11H,18H2,1-3H3. The second kappa shape index (κ2) is 5.37. The van der Waals surface area contributed by atoms with E-state index in [1.807, 2.05) is 24.3 Å². The minimum Gasteiger partial charge on any atom is -0.423 e. The fourth-order valence-electron chi connectivity index (χ4n) is 1.96. The van der Waals surface area contributed by atoms with E-state index in [1.54, 1.807) is 24.3 Å². The van der Waals surface area contributed by atoms with Crippen LogP contribution < -0.4 is 10.5 Å². The smallest absolute Gasteiger partial charge is 0.343 e. The Hall–Kier alpha value is -2.29. The van der Waals surface area contributed by atoms with Crippen molar-refractivity contribution in [3.05, 3.63) is 59.7 Å². The van der Waals surface area contributed by atoms with Gasteiger partial charge in [-0.15, -0.1) is 0 Å². The quantitative estimate of drug-likeness (QED) is 0.512. The maximum absolute atomic E-state index is 12.1. The first kappa shape index (κ1) is 14.1. The second-order valence-corrected chi connectivity index (χ2v) is 5.76. The molecule has 3 nitrogen and oxygen atoms in total. The molecule has 2 aromatic rings. The van der Waals surface area contributed by atoms with E-state index >= 15 is 0 Å². The van der Waals surface area contributed by atoms with Crippen molar-refractivity contribution in [3.63, 3.8) is 0 Å². The Bertz CT molecular complexity index is 613. The summed E-state index contributed by atoms with van der Waals surface area (Å²) in [6, 6.07) is 14.3. The number of rotatable bonds is 2. The van der Waals surface area contributed by atoms with Crippen LogP contribution in [0, 0.1) is 0 Å². The minimum absolute atomic E-state index is 0.151. The fourth-order valence-corrected chi connectivity index (χ4v) is 1.96. The summed E-state index contributed by atoms with van der Waals surface area (Å²) in [6.45, 7) is 6.17. The van der Waals surface area contributed by atoms with Gasteiger partial charge in [0, 0.05) is 11.3 Å². The van der Waals surface area contributed by atoms with Crippen molar-refractivity contribution >= 4 is 11.7 Å². The molecule has 2 aromatic carbocycles. The Morgan fingerprint density at radius 1 is 1.05 bits per heavy atom. The van der Waals surface area contributed by atoms with Crippen LogP contribution in [0.25, 0.3) is 0 Å². The molecule has 0 saturated heterocycles. The van der Waals surface area contributed by atoms with Gasteiger partial charge >= 0.3 is 5.97 Å². The number of anilines is 1. The zero-order valence-corrected chi connectivity index (χ0v) is 12.0. The molecule has 104 valence electrons. The Morgan fingerprint density at radius 3 is 2.30 bits per heavy atom. The Labute approximate surface area is 119 Å². The van der Waals surface area contributed by atoms with Crippen LogP contribution in [0.2, 0.25) is 0 Å². The van der Waals surface area contributed by atoms with Gasteiger partial charge in [0.2, 0.25) is 0 Å². The first-order chi connectivity index (χ1) is 9.38. The molecule has 0 atom stereocenters. The maximum Gasteiger partial charge on any atom is 0.343 e. The zero-order chi connectivity index (χ0) is 14.8. The van der Waals surface area contributed by atoms with Crippen LogP contribution >= 0.6 is 0 Å². The number of carbonyl (C=O) groups excluding carboxylic acids is 1. The predicted octanol–water partition coefficient (Wildman–Crippen LogP) is 3.79. The lowest BCUT2D eigenvalue weighted by Gasteiger charge is -2.22. The van der Waals surface area contributed by atoms with Gasteiger partial charge in [0.1, 0.15) is 5.75 Å². The van der Waals surface area contributed by atoms with Crippen LogP contribution in [0.5, 0.6) is 5.75 Å². The van der Waals surface area contributed by atoms with E-state index in [0.717, 1.165) is 5.56 Å². The third-order valence-electron chi connectivity index (χ3n) is 3.02. The molecule has 0 aliphatic heterocycles. The zero-order valence-electron chi connectivity index (χ0n) is 12.0. The number of hydrogen-bond acceptors (Lipinski definition) is 3. The van der Waals surface area contributed by atoms with Gasteiger partial charge in [-0.3, -0.25) is 0 Å². The van der Waals surface area contributed by atoms with Gasteiger partial charge in [0.05, 0.1) is 5.56 Å². The average Bonchev–Trinajstić information content (AvgIpc) is 2.40. The van der Waals surface area contributed by atoms with Crippen molar-refractivity contribution in [1.82, 2.24) is 0 Å². The normalized spacial score (nSPS) is 11.2. The summed E-state index contributed by atoms with van der Waals surface area (Å²) in [5.74, 6) is 0.196. The molecule has 20 heavy (non-hydrogen) atoms. The van der Waals surface area contributed by atoms with Crippen LogP contribution in [-0.4, -0.2) is 5.97 Å². The molecule has 0 aliphatic carbocycles. The number of hydrogen-bond donors (Lipinski definition) is 1. The third kappa shape index (κ3) is 3.18. The van der Waals surface area contributed by atoms with E-state index in [2.05, 4.69) is 20.8 Å². The molecular weight excluding hydrogens is 250 g/mol. The van der Waals surface area contributed by atoms with Crippen LogP contribution in [0.15, 0.2) is 48.5 Å². The SMILES string of the molecule is CC(C)(C)c1cc(N)ccc1OC(=O)c1ccccc1. The van der Waals surface area contributed by atoms with E-state index in [1.165, 1.54) is 0 Å². The van der Waals surface area contributed by atoms with E-state index in [9.17, 15) is 4.79 Å². The third-order valence-corrected chi connectivity index (χ3v) is 3.02. The highest BCUT2D eigenvalue weighted by atomic mass is 16.5. The Morgan fingerprint density at radius 2 is 1.70 bits per heavy atom. The van der Waals surface area contributed by atoms with Gasteiger partial charge in [-0.2, -0.15) is 0 Å². The van der Waals surface area contributed by atoms with Crippen molar-refractivity contribution in [2.75, 3.05) is 5.73 Å². The summed E-state index contributed by atoms with van der Waals surface area (Å²) in [5, 5.41) is 0. The van der Waals surface area contributed by atoms with E-state index < -0.39 is 0 Å². The maximum atomic E-state index is 12.1. The van der Waals surface area contributed by atoms with Crippen molar-refractivity contribution in [2.45, 2.75) is 26.2 Å². The van der Waals surface area contributed by atoms with Gasteiger partial charge in [-0.1, -0.05) is 39.0 Å². The number of benzene rings is 2. The molecule has 0 aromatic heterocycles. The monoisotopic (exact) mass is 269 g/mol. The Kier molecular flexibility index (Phi) is 3.79. The summed E-state index contributed by atoms with van der Waals surface area (Å²) in [5.41, 5.74) is 7.79. The van der Waals surface area contributed by atoms with Crippen molar-refractivity contribution < 1.29 is 9.53 Å². The Balaban J connectivity index is 2.33. The lowest BCUT2D eigenvalue weighted by Crippen LogP contribution is -2.16. The number of nitrogen functional groups attached to an aromatic ring is 1. The fraction of sp³-hybridized carbons (Fsp3) is 0.235. The largest absolute Gasteiger partial charge is 0.423 e. The lowest BCUT2D eigenvalue weighted by molar-refractivity contribution is 0.0732. The number of esters is 1. The van der Waals surface area contributed by atoms with Gasteiger partial charge in [0.25, 0.3) is 0 Å². The van der Waals surface area contributed by atoms with Gasteiger partial charge in [0.15, 0.2) is 0 Å². The molecule has 2 N–H and O–H groups in total. The van der Waals surface area contributed by atoms with Crippen molar-refractivity contribution in [3.8, 4) is 5.75 Å². The molecule has 0 saturated carbocycles. The average molecular weight is 269 g/mol. The molecule has 0 heterocycles. The number of ether oxygens (including phenoxy) is 1. The molecule has 0 unspecified atom stereocenters. The van der Waals surface area contributed by atoms with Crippen molar-refractivity contribution in [1.29, 1.82) is 0 Å². The van der Waals surface area contributed by atoms with E-state index in [0.29, 0.717) is 17.0 Å². The van der Waals surface area contributed by atoms with Gasteiger partial charge in [-0.25, -0.2) is 4.79 Å². The molecule has 3 heteroatoms.